The molecule has 0 aromatic heterocycles. The fourth-order valence-electron chi connectivity index (χ4n) is 2.42. The number of ether oxygens (including phenoxy) is 1. The van der Waals surface area contributed by atoms with Crippen LogP contribution in [0.4, 0.5) is 10.1 Å². The van der Waals surface area contributed by atoms with Crippen LogP contribution in [0.1, 0.15) is 5.56 Å². The molecule has 19 heavy (non-hydrogen) atoms. The Hall–Kier alpha value is -1.33. The van der Waals surface area contributed by atoms with Gasteiger partial charge in [0.2, 0.25) is 0 Å². The second-order valence-corrected chi connectivity index (χ2v) is 4.94. The molecule has 1 fully saturated rings. The number of benzene rings is 1. The summed E-state index contributed by atoms with van der Waals surface area (Å²) in [6.07, 6.45) is 0.699. The molecular weight excluding hydrogens is 245 g/mol. The lowest BCUT2D eigenvalue weighted by Crippen LogP contribution is -2.44. The predicted octanol–water partition coefficient (Wildman–Crippen LogP) is 1.09. The molecule has 1 aromatic carbocycles. The largest absolute Gasteiger partial charge is 0.496 e. The zero-order valence-corrected chi connectivity index (χ0v) is 11.7. The van der Waals surface area contributed by atoms with Crippen LogP contribution in [0.3, 0.4) is 0 Å². The van der Waals surface area contributed by atoms with E-state index < -0.39 is 0 Å². The maximum absolute atomic E-state index is 14.2. The van der Waals surface area contributed by atoms with Gasteiger partial charge < -0.3 is 20.3 Å². The van der Waals surface area contributed by atoms with Crippen molar-refractivity contribution in [3.8, 4) is 5.75 Å². The van der Waals surface area contributed by atoms with Gasteiger partial charge in [0.15, 0.2) is 0 Å². The molecule has 106 valence electrons. The SMILES string of the molecule is COc1cc(F)c(N2CCN(C)CC2)cc1CCN. The van der Waals surface area contributed by atoms with Gasteiger partial charge >= 0.3 is 0 Å². The van der Waals surface area contributed by atoms with E-state index in [4.69, 9.17) is 10.5 Å². The fourth-order valence-corrected chi connectivity index (χ4v) is 2.42. The Bertz CT molecular complexity index is 431. The highest BCUT2D eigenvalue weighted by molar-refractivity contribution is 5.55. The molecule has 2 N–H and O–H groups in total. The van der Waals surface area contributed by atoms with Crippen LogP contribution in [0.25, 0.3) is 0 Å². The molecule has 0 spiro atoms. The van der Waals surface area contributed by atoms with Crippen molar-refractivity contribution in [2.45, 2.75) is 6.42 Å². The molecule has 0 amide bonds. The highest BCUT2D eigenvalue weighted by atomic mass is 19.1. The monoisotopic (exact) mass is 267 g/mol. The summed E-state index contributed by atoms with van der Waals surface area (Å²) in [5.74, 6) is 0.364. The normalized spacial score (nSPS) is 16.7. The van der Waals surface area contributed by atoms with E-state index in [2.05, 4.69) is 16.8 Å². The molecule has 0 atom stereocenters. The zero-order chi connectivity index (χ0) is 13.8. The fraction of sp³-hybridized carbons (Fsp3) is 0.571. The summed E-state index contributed by atoms with van der Waals surface area (Å²) >= 11 is 0. The Morgan fingerprint density at radius 1 is 1.26 bits per heavy atom. The van der Waals surface area contributed by atoms with Crippen molar-refractivity contribution in [3.63, 3.8) is 0 Å². The Balaban J connectivity index is 2.26. The maximum atomic E-state index is 14.2. The topological polar surface area (TPSA) is 41.7 Å². The molecular formula is C14H22FN3O. The first kappa shape index (κ1) is 14.1. The molecule has 0 aliphatic carbocycles. The molecule has 2 rings (SSSR count). The Morgan fingerprint density at radius 3 is 2.53 bits per heavy atom. The van der Waals surface area contributed by atoms with Crippen LogP contribution in [-0.4, -0.2) is 51.8 Å². The van der Waals surface area contributed by atoms with Crippen LogP contribution in [0.2, 0.25) is 0 Å². The van der Waals surface area contributed by atoms with Gasteiger partial charge in [0, 0.05) is 32.2 Å². The molecule has 1 aliphatic rings. The van der Waals surface area contributed by atoms with Gasteiger partial charge in [-0.3, -0.25) is 0 Å². The van der Waals surface area contributed by atoms with Crippen molar-refractivity contribution in [1.29, 1.82) is 0 Å². The Morgan fingerprint density at radius 2 is 1.95 bits per heavy atom. The first-order valence-electron chi connectivity index (χ1n) is 6.65. The molecule has 1 aromatic rings. The van der Waals surface area contributed by atoms with Gasteiger partial charge in [-0.15, -0.1) is 0 Å². The third-order valence-corrected chi connectivity index (χ3v) is 3.61. The van der Waals surface area contributed by atoms with Crippen molar-refractivity contribution in [1.82, 2.24) is 4.90 Å². The Kier molecular flexibility index (Phi) is 4.61. The van der Waals surface area contributed by atoms with Crippen molar-refractivity contribution < 1.29 is 9.13 Å². The minimum Gasteiger partial charge on any atom is -0.496 e. The molecule has 1 saturated heterocycles. The Labute approximate surface area is 113 Å². The third kappa shape index (κ3) is 3.16. The van der Waals surface area contributed by atoms with Crippen LogP contribution in [-0.2, 0) is 6.42 Å². The number of methoxy groups -OCH3 is 1. The summed E-state index contributed by atoms with van der Waals surface area (Å²) in [6.45, 7) is 4.14. The number of hydrogen-bond acceptors (Lipinski definition) is 4. The summed E-state index contributed by atoms with van der Waals surface area (Å²) in [6, 6.07) is 3.35. The van der Waals surface area contributed by atoms with E-state index in [-0.39, 0.29) is 5.82 Å². The summed E-state index contributed by atoms with van der Waals surface area (Å²) < 4.78 is 19.4. The lowest BCUT2D eigenvalue weighted by Gasteiger charge is -2.34. The number of hydrogen-bond donors (Lipinski definition) is 1. The summed E-state index contributed by atoms with van der Waals surface area (Å²) in [5, 5.41) is 0. The van der Waals surface area contributed by atoms with E-state index in [1.54, 1.807) is 7.11 Å². The van der Waals surface area contributed by atoms with Gasteiger partial charge in [0.25, 0.3) is 0 Å². The van der Waals surface area contributed by atoms with Crippen molar-refractivity contribution >= 4 is 5.69 Å². The number of anilines is 1. The number of piperazine rings is 1. The summed E-state index contributed by atoms with van der Waals surface area (Å²) in [5.41, 5.74) is 7.24. The lowest BCUT2D eigenvalue weighted by atomic mass is 10.1. The molecule has 0 saturated carbocycles. The first-order chi connectivity index (χ1) is 9.15. The molecule has 1 heterocycles. The average Bonchev–Trinajstić information content (AvgIpc) is 2.41. The van der Waals surface area contributed by atoms with E-state index in [0.29, 0.717) is 24.4 Å². The summed E-state index contributed by atoms with van der Waals surface area (Å²) in [4.78, 5) is 4.34. The van der Waals surface area contributed by atoms with Crippen LogP contribution >= 0.6 is 0 Å². The number of halogens is 1. The van der Waals surface area contributed by atoms with Gasteiger partial charge in [-0.05, 0) is 31.6 Å². The number of rotatable bonds is 4. The standard InChI is InChI=1S/C14H22FN3O/c1-17-5-7-18(8-6-17)13-9-11(3-4-16)14(19-2)10-12(13)15/h9-10H,3-8,16H2,1-2H3. The van der Waals surface area contributed by atoms with Gasteiger partial charge in [-0.25, -0.2) is 4.39 Å². The number of nitrogens with zero attached hydrogens (tertiary/aromatic N) is 2. The maximum Gasteiger partial charge on any atom is 0.150 e. The van der Waals surface area contributed by atoms with Gasteiger partial charge in [-0.1, -0.05) is 0 Å². The van der Waals surface area contributed by atoms with Crippen LogP contribution < -0.4 is 15.4 Å². The molecule has 5 heteroatoms. The van der Waals surface area contributed by atoms with Crippen LogP contribution in [0, 0.1) is 5.82 Å². The minimum atomic E-state index is -0.220. The average molecular weight is 267 g/mol. The first-order valence-corrected chi connectivity index (χ1v) is 6.65. The van der Waals surface area contributed by atoms with Crippen LogP contribution in [0.5, 0.6) is 5.75 Å². The van der Waals surface area contributed by atoms with Crippen molar-refractivity contribution in [2.75, 3.05) is 51.8 Å². The van der Waals surface area contributed by atoms with E-state index in [1.165, 1.54) is 6.07 Å². The van der Waals surface area contributed by atoms with Gasteiger partial charge in [0.1, 0.15) is 11.6 Å². The van der Waals surface area contributed by atoms with E-state index in [9.17, 15) is 4.39 Å². The highest BCUT2D eigenvalue weighted by Gasteiger charge is 2.19. The zero-order valence-electron chi connectivity index (χ0n) is 11.7. The predicted molar refractivity (Wildman–Crippen MR) is 75.4 cm³/mol. The quantitative estimate of drug-likeness (QED) is 0.886. The van der Waals surface area contributed by atoms with Crippen molar-refractivity contribution in [3.05, 3.63) is 23.5 Å². The molecule has 0 radical (unpaired) electrons. The number of nitrogens with two attached hydrogens (primary N) is 1. The summed E-state index contributed by atoms with van der Waals surface area (Å²) in [7, 11) is 3.64. The lowest BCUT2D eigenvalue weighted by molar-refractivity contribution is 0.311. The van der Waals surface area contributed by atoms with E-state index in [0.717, 1.165) is 31.7 Å². The van der Waals surface area contributed by atoms with E-state index in [1.807, 2.05) is 6.07 Å². The smallest absolute Gasteiger partial charge is 0.150 e. The van der Waals surface area contributed by atoms with Gasteiger partial charge in [0.05, 0.1) is 12.8 Å². The van der Waals surface area contributed by atoms with Crippen LogP contribution in [0.15, 0.2) is 12.1 Å². The second-order valence-electron chi connectivity index (χ2n) is 4.94. The molecule has 0 unspecified atom stereocenters. The van der Waals surface area contributed by atoms with Gasteiger partial charge in [-0.2, -0.15) is 0 Å². The highest BCUT2D eigenvalue weighted by Crippen LogP contribution is 2.29. The number of likely N-dealkylation sites (N-methyl/N-ethyl adjacent to an activating group) is 1. The molecule has 4 nitrogen and oxygen atoms in total. The second kappa shape index (κ2) is 6.21. The minimum absolute atomic E-state index is 0.220. The molecule has 1 aliphatic heterocycles. The third-order valence-electron chi connectivity index (χ3n) is 3.61. The molecule has 0 bridgehead atoms. The van der Waals surface area contributed by atoms with Crippen molar-refractivity contribution in [2.24, 2.45) is 5.73 Å². The van der Waals surface area contributed by atoms with E-state index >= 15 is 0 Å².